The number of amides is 1. The Bertz CT molecular complexity index is 882. The zero-order chi connectivity index (χ0) is 20.3. The molecule has 3 rings (SSSR count). The summed E-state index contributed by atoms with van der Waals surface area (Å²) >= 11 is 0. The fourth-order valence-corrected chi connectivity index (χ4v) is 4.04. The molecule has 2 N–H and O–H groups in total. The van der Waals surface area contributed by atoms with E-state index in [-0.39, 0.29) is 17.1 Å². The van der Waals surface area contributed by atoms with Crippen LogP contribution in [0.1, 0.15) is 37.0 Å². The van der Waals surface area contributed by atoms with Gasteiger partial charge in [0.1, 0.15) is 17.2 Å². The Balaban J connectivity index is 1.65. The number of hydrogen-bond donors (Lipinski definition) is 2. The molecule has 152 valence electrons. The van der Waals surface area contributed by atoms with E-state index in [0.29, 0.717) is 24.6 Å². The molecule has 0 radical (unpaired) electrons. The number of rotatable bonds is 5. The minimum Gasteiger partial charge on any atom is -0.459 e. The van der Waals surface area contributed by atoms with Crippen LogP contribution in [0.25, 0.3) is 11.0 Å². The van der Waals surface area contributed by atoms with Crippen molar-refractivity contribution in [1.82, 2.24) is 15.5 Å². The zero-order valence-corrected chi connectivity index (χ0v) is 17.1. The average molecular weight is 388 g/mol. The molecule has 1 aliphatic carbocycles. The fourth-order valence-electron chi connectivity index (χ4n) is 4.04. The first-order valence-electron chi connectivity index (χ1n) is 9.70. The van der Waals surface area contributed by atoms with Gasteiger partial charge in [-0.15, -0.1) is 0 Å². The third-order valence-corrected chi connectivity index (χ3v) is 5.65. The Morgan fingerprint density at radius 3 is 2.64 bits per heavy atom. The summed E-state index contributed by atoms with van der Waals surface area (Å²) in [5, 5.41) is 7.33. The molecule has 7 heteroatoms. The summed E-state index contributed by atoms with van der Waals surface area (Å²) in [6.07, 6.45) is 3.93. The molecule has 1 amide bonds. The SMILES string of the molecule is CN=C(NCc1oc2ccc(F)cc2c1C)NCC1(C(=O)N(C)C)CCCC1. The van der Waals surface area contributed by atoms with E-state index in [1.165, 1.54) is 12.1 Å². The maximum atomic E-state index is 13.5. The van der Waals surface area contributed by atoms with Crippen LogP contribution in [0.2, 0.25) is 0 Å². The monoisotopic (exact) mass is 388 g/mol. The van der Waals surface area contributed by atoms with Crippen molar-refractivity contribution in [2.24, 2.45) is 10.4 Å². The molecule has 0 bridgehead atoms. The zero-order valence-electron chi connectivity index (χ0n) is 17.1. The van der Waals surface area contributed by atoms with Crippen molar-refractivity contribution < 1.29 is 13.6 Å². The van der Waals surface area contributed by atoms with E-state index >= 15 is 0 Å². The van der Waals surface area contributed by atoms with Crippen LogP contribution in [0.5, 0.6) is 0 Å². The Hall–Kier alpha value is -2.57. The highest BCUT2D eigenvalue weighted by atomic mass is 19.1. The average Bonchev–Trinajstić information content (AvgIpc) is 3.27. The predicted octanol–water partition coefficient (Wildman–Crippen LogP) is 3.19. The number of guanidine groups is 1. The first kappa shape index (κ1) is 20.2. The molecule has 1 fully saturated rings. The standard InChI is InChI=1S/C21H29FN4O2/c1-14-16-11-15(22)7-8-17(16)28-18(14)12-24-20(23-2)25-13-21(9-5-6-10-21)19(27)26(3)4/h7-8,11H,5-6,9-10,12-13H2,1-4H3,(H2,23,24,25). The van der Waals surface area contributed by atoms with Gasteiger partial charge in [0.2, 0.25) is 5.91 Å². The summed E-state index contributed by atoms with van der Waals surface area (Å²) in [6, 6.07) is 4.53. The molecule has 1 aliphatic rings. The van der Waals surface area contributed by atoms with Gasteiger partial charge in [-0.05, 0) is 38.0 Å². The van der Waals surface area contributed by atoms with Gasteiger partial charge in [-0.1, -0.05) is 12.8 Å². The number of carbonyl (C=O) groups is 1. The van der Waals surface area contributed by atoms with Crippen LogP contribution in [0, 0.1) is 18.2 Å². The van der Waals surface area contributed by atoms with Gasteiger partial charge in [-0.3, -0.25) is 9.79 Å². The summed E-state index contributed by atoms with van der Waals surface area (Å²) in [6.45, 7) is 2.90. The molecule has 0 aliphatic heterocycles. The molecule has 1 aromatic heterocycles. The van der Waals surface area contributed by atoms with Crippen molar-refractivity contribution in [3.05, 3.63) is 35.3 Å². The van der Waals surface area contributed by atoms with Crippen LogP contribution in [0.15, 0.2) is 27.6 Å². The molecule has 0 saturated heterocycles. The maximum Gasteiger partial charge on any atom is 0.230 e. The lowest BCUT2D eigenvalue weighted by Crippen LogP contribution is -2.49. The Labute approximate surface area is 165 Å². The van der Waals surface area contributed by atoms with E-state index < -0.39 is 0 Å². The number of nitrogens with zero attached hydrogens (tertiary/aromatic N) is 2. The first-order chi connectivity index (χ1) is 13.4. The number of aryl methyl sites for hydroxylation is 1. The topological polar surface area (TPSA) is 69.9 Å². The van der Waals surface area contributed by atoms with E-state index in [2.05, 4.69) is 15.6 Å². The van der Waals surface area contributed by atoms with Gasteiger partial charge in [0, 0.05) is 38.6 Å². The van der Waals surface area contributed by atoms with Crippen LogP contribution in [-0.2, 0) is 11.3 Å². The summed E-state index contributed by atoms with van der Waals surface area (Å²) < 4.78 is 19.3. The molecule has 0 atom stereocenters. The van der Waals surface area contributed by atoms with Crippen molar-refractivity contribution in [2.75, 3.05) is 27.7 Å². The van der Waals surface area contributed by atoms with Gasteiger partial charge in [-0.25, -0.2) is 4.39 Å². The molecule has 28 heavy (non-hydrogen) atoms. The molecule has 2 aromatic rings. The largest absolute Gasteiger partial charge is 0.459 e. The van der Waals surface area contributed by atoms with Crippen molar-refractivity contribution in [3.63, 3.8) is 0 Å². The third-order valence-electron chi connectivity index (χ3n) is 5.65. The van der Waals surface area contributed by atoms with Gasteiger partial charge in [-0.2, -0.15) is 0 Å². The molecule has 1 saturated carbocycles. The fraction of sp³-hybridized carbons (Fsp3) is 0.524. The molecule has 6 nitrogen and oxygen atoms in total. The van der Waals surface area contributed by atoms with Crippen molar-refractivity contribution in [2.45, 2.75) is 39.2 Å². The summed E-state index contributed by atoms with van der Waals surface area (Å²) in [7, 11) is 5.32. The lowest BCUT2D eigenvalue weighted by atomic mass is 9.84. The molecular formula is C21H29FN4O2. The number of aliphatic imine (C=N–C) groups is 1. The normalized spacial score (nSPS) is 16.4. The highest BCUT2D eigenvalue weighted by Crippen LogP contribution is 2.38. The van der Waals surface area contributed by atoms with Gasteiger partial charge >= 0.3 is 0 Å². The lowest BCUT2D eigenvalue weighted by molar-refractivity contribution is -0.138. The molecule has 0 unspecified atom stereocenters. The maximum absolute atomic E-state index is 13.5. The van der Waals surface area contributed by atoms with E-state index in [1.54, 1.807) is 18.0 Å². The first-order valence-corrected chi connectivity index (χ1v) is 9.70. The number of nitrogens with one attached hydrogen (secondary N) is 2. The van der Waals surface area contributed by atoms with E-state index in [4.69, 9.17) is 4.42 Å². The van der Waals surface area contributed by atoms with E-state index in [0.717, 1.165) is 42.4 Å². The number of hydrogen-bond acceptors (Lipinski definition) is 3. The summed E-state index contributed by atoms with van der Waals surface area (Å²) in [5.74, 6) is 1.25. The quantitative estimate of drug-likeness (QED) is 0.610. The van der Waals surface area contributed by atoms with Crippen LogP contribution in [0.4, 0.5) is 4.39 Å². The summed E-state index contributed by atoms with van der Waals surface area (Å²) in [4.78, 5) is 18.6. The van der Waals surface area contributed by atoms with E-state index in [1.807, 2.05) is 21.0 Å². The minimum atomic E-state index is -0.367. The van der Waals surface area contributed by atoms with Gasteiger partial charge in [0.15, 0.2) is 5.96 Å². The van der Waals surface area contributed by atoms with Crippen LogP contribution in [0.3, 0.4) is 0 Å². The molecule has 1 aromatic carbocycles. The Kier molecular flexibility index (Phi) is 5.91. The predicted molar refractivity (Wildman–Crippen MR) is 109 cm³/mol. The molecule has 1 heterocycles. The number of fused-ring (bicyclic) bond motifs is 1. The van der Waals surface area contributed by atoms with E-state index in [9.17, 15) is 9.18 Å². The van der Waals surface area contributed by atoms with Gasteiger partial charge in [0.05, 0.1) is 12.0 Å². The second-order valence-electron chi connectivity index (χ2n) is 7.76. The molecular weight excluding hydrogens is 359 g/mol. The number of halogens is 1. The van der Waals surface area contributed by atoms with Crippen LogP contribution >= 0.6 is 0 Å². The lowest BCUT2D eigenvalue weighted by Gasteiger charge is -2.31. The minimum absolute atomic E-state index is 0.170. The Morgan fingerprint density at radius 2 is 2.00 bits per heavy atom. The second-order valence-corrected chi connectivity index (χ2v) is 7.76. The highest BCUT2D eigenvalue weighted by molar-refractivity contribution is 5.85. The number of carbonyl (C=O) groups excluding carboxylic acids is 1. The van der Waals surface area contributed by atoms with Crippen LogP contribution < -0.4 is 10.6 Å². The molecule has 0 spiro atoms. The van der Waals surface area contributed by atoms with Crippen molar-refractivity contribution in [1.29, 1.82) is 0 Å². The van der Waals surface area contributed by atoms with Gasteiger partial charge < -0.3 is 20.0 Å². The van der Waals surface area contributed by atoms with Crippen molar-refractivity contribution >= 4 is 22.8 Å². The summed E-state index contributed by atoms with van der Waals surface area (Å²) in [5.41, 5.74) is 1.21. The Morgan fingerprint density at radius 1 is 1.29 bits per heavy atom. The van der Waals surface area contributed by atoms with Gasteiger partial charge in [0.25, 0.3) is 0 Å². The smallest absolute Gasteiger partial charge is 0.230 e. The highest BCUT2D eigenvalue weighted by Gasteiger charge is 2.42. The van der Waals surface area contributed by atoms with Crippen molar-refractivity contribution in [3.8, 4) is 0 Å². The number of benzene rings is 1. The third kappa shape index (κ3) is 3.98. The number of furan rings is 1. The van der Waals surface area contributed by atoms with Crippen LogP contribution in [-0.4, -0.2) is 44.5 Å². The second kappa shape index (κ2) is 8.20.